The molecule has 126 valence electrons. The molecule has 0 spiro atoms. The molecule has 1 N–H and O–H groups in total. The van der Waals surface area contributed by atoms with Crippen LogP contribution >= 0.6 is 11.8 Å². The molecule has 0 aromatic heterocycles. The molecule has 1 amide bonds. The van der Waals surface area contributed by atoms with Gasteiger partial charge in [-0.05, 0) is 47.2 Å². The van der Waals surface area contributed by atoms with Gasteiger partial charge in [-0.25, -0.2) is 0 Å². The average molecular weight is 351 g/mol. The SMILES string of the molecule is COC(=O)CSc1ccc(NC(=O)c2ccc3ccccc3c2)cc1. The minimum Gasteiger partial charge on any atom is -0.468 e. The second kappa shape index (κ2) is 7.85. The van der Waals surface area contributed by atoms with Crippen molar-refractivity contribution in [2.45, 2.75) is 4.90 Å². The first-order chi connectivity index (χ1) is 12.2. The fourth-order valence-electron chi connectivity index (χ4n) is 2.37. The lowest BCUT2D eigenvalue weighted by atomic mass is 10.1. The summed E-state index contributed by atoms with van der Waals surface area (Å²) in [7, 11) is 1.37. The molecule has 0 aliphatic rings. The van der Waals surface area contributed by atoms with Crippen molar-refractivity contribution in [1.29, 1.82) is 0 Å². The van der Waals surface area contributed by atoms with Gasteiger partial charge >= 0.3 is 5.97 Å². The number of hydrogen-bond donors (Lipinski definition) is 1. The molecule has 3 aromatic carbocycles. The van der Waals surface area contributed by atoms with Crippen molar-refractivity contribution in [2.75, 3.05) is 18.2 Å². The standard InChI is InChI=1S/C20H17NO3S/c1-24-19(22)13-25-18-10-8-17(9-11-18)21-20(23)16-7-6-14-4-2-3-5-15(14)12-16/h2-12H,13H2,1H3,(H,21,23). The number of hydrogen-bond acceptors (Lipinski definition) is 4. The summed E-state index contributed by atoms with van der Waals surface area (Å²) in [6.45, 7) is 0. The van der Waals surface area contributed by atoms with Crippen molar-refractivity contribution >= 4 is 40.1 Å². The monoisotopic (exact) mass is 351 g/mol. The zero-order valence-corrected chi connectivity index (χ0v) is 14.5. The third kappa shape index (κ3) is 4.39. The number of nitrogens with one attached hydrogen (secondary N) is 1. The van der Waals surface area contributed by atoms with Gasteiger partial charge in [-0.2, -0.15) is 0 Å². The quantitative estimate of drug-likeness (QED) is 0.548. The van der Waals surface area contributed by atoms with Crippen LogP contribution in [0.1, 0.15) is 10.4 Å². The number of carbonyl (C=O) groups is 2. The van der Waals surface area contributed by atoms with Crippen LogP contribution in [0.4, 0.5) is 5.69 Å². The molecule has 25 heavy (non-hydrogen) atoms. The van der Waals surface area contributed by atoms with Gasteiger partial charge in [0.15, 0.2) is 0 Å². The Bertz CT molecular complexity index is 906. The molecule has 3 rings (SSSR count). The number of rotatable bonds is 5. The molecule has 0 aliphatic heterocycles. The van der Waals surface area contributed by atoms with Crippen LogP contribution in [0.15, 0.2) is 71.6 Å². The van der Waals surface area contributed by atoms with Gasteiger partial charge < -0.3 is 10.1 Å². The zero-order chi connectivity index (χ0) is 17.6. The van der Waals surface area contributed by atoms with Crippen molar-refractivity contribution in [2.24, 2.45) is 0 Å². The van der Waals surface area contributed by atoms with Crippen LogP contribution in [0.25, 0.3) is 10.8 Å². The highest BCUT2D eigenvalue weighted by Gasteiger charge is 2.07. The van der Waals surface area contributed by atoms with Crippen molar-refractivity contribution in [1.82, 2.24) is 0 Å². The van der Waals surface area contributed by atoms with Crippen LogP contribution in [-0.2, 0) is 9.53 Å². The number of fused-ring (bicyclic) bond motifs is 1. The van der Waals surface area contributed by atoms with E-state index in [1.165, 1.54) is 18.9 Å². The van der Waals surface area contributed by atoms with E-state index in [2.05, 4.69) is 10.1 Å². The van der Waals surface area contributed by atoms with Crippen LogP contribution in [0.2, 0.25) is 0 Å². The third-order valence-corrected chi connectivity index (χ3v) is 4.69. The van der Waals surface area contributed by atoms with Gasteiger partial charge in [0.1, 0.15) is 0 Å². The summed E-state index contributed by atoms with van der Waals surface area (Å²) in [6, 6.07) is 20.9. The van der Waals surface area contributed by atoms with Crippen LogP contribution in [-0.4, -0.2) is 24.7 Å². The number of carbonyl (C=O) groups excluding carboxylic acids is 2. The highest BCUT2D eigenvalue weighted by molar-refractivity contribution is 8.00. The van der Waals surface area contributed by atoms with Crippen LogP contribution in [0.5, 0.6) is 0 Å². The maximum Gasteiger partial charge on any atom is 0.315 e. The van der Waals surface area contributed by atoms with Crippen molar-refractivity contribution in [3.8, 4) is 0 Å². The Morgan fingerprint density at radius 1 is 0.960 bits per heavy atom. The molecule has 0 unspecified atom stereocenters. The predicted octanol–water partition coefficient (Wildman–Crippen LogP) is 4.36. The Labute approximate surface area is 150 Å². The summed E-state index contributed by atoms with van der Waals surface area (Å²) in [5.74, 6) is -0.154. The Hall–Kier alpha value is -2.79. The molecular formula is C20H17NO3S. The second-order valence-corrected chi connectivity index (χ2v) is 6.45. The van der Waals surface area contributed by atoms with Gasteiger partial charge in [-0.1, -0.05) is 30.3 Å². The van der Waals surface area contributed by atoms with E-state index in [-0.39, 0.29) is 17.6 Å². The molecule has 3 aromatic rings. The number of benzene rings is 3. The number of thioether (sulfide) groups is 1. The summed E-state index contributed by atoms with van der Waals surface area (Å²) in [6.07, 6.45) is 0. The van der Waals surface area contributed by atoms with E-state index in [9.17, 15) is 9.59 Å². The summed E-state index contributed by atoms with van der Waals surface area (Å²) >= 11 is 1.39. The molecule has 0 radical (unpaired) electrons. The van der Waals surface area contributed by atoms with Gasteiger partial charge in [0.05, 0.1) is 12.9 Å². The molecule has 0 atom stereocenters. The number of ether oxygens (including phenoxy) is 1. The van der Waals surface area contributed by atoms with E-state index in [1.807, 2.05) is 66.7 Å². The number of methoxy groups -OCH3 is 1. The average Bonchev–Trinajstić information content (AvgIpc) is 2.66. The van der Waals surface area contributed by atoms with Gasteiger partial charge in [0.25, 0.3) is 5.91 Å². The highest BCUT2D eigenvalue weighted by Crippen LogP contribution is 2.21. The molecule has 0 heterocycles. The van der Waals surface area contributed by atoms with E-state index >= 15 is 0 Å². The maximum atomic E-state index is 12.4. The Balaban J connectivity index is 1.66. The molecule has 5 heteroatoms. The topological polar surface area (TPSA) is 55.4 Å². The molecule has 0 saturated heterocycles. The first-order valence-electron chi connectivity index (χ1n) is 7.75. The Morgan fingerprint density at radius 2 is 1.68 bits per heavy atom. The normalized spacial score (nSPS) is 10.4. The predicted molar refractivity (Wildman–Crippen MR) is 101 cm³/mol. The molecule has 0 aliphatic carbocycles. The molecule has 0 bridgehead atoms. The second-order valence-electron chi connectivity index (χ2n) is 5.41. The van der Waals surface area contributed by atoms with Gasteiger partial charge in [0.2, 0.25) is 0 Å². The van der Waals surface area contributed by atoms with Gasteiger partial charge in [0, 0.05) is 16.1 Å². The lowest BCUT2D eigenvalue weighted by molar-refractivity contribution is -0.137. The summed E-state index contributed by atoms with van der Waals surface area (Å²) in [5, 5.41) is 5.02. The molecule has 4 nitrogen and oxygen atoms in total. The fraction of sp³-hybridized carbons (Fsp3) is 0.100. The van der Waals surface area contributed by atoms with E-state index in [0.29, 0.717) is 11.3 Å². The minimum atomic E-state index is -0.265. The van der Waals surface area contributed by atoms with E-state index in [0.717, 1.165) is 15.7 Å². The van der Waals surface area contributed by atoms with E-state index in [4.69, 9.17) is 0 Å². The molecular weight excluding hydrogens is 334 g/mol. The van der Waals surface area contributed by atoms with Crippen molar-refractivity contribution < 1.29 is 14.3 Å². The first kappa shape index (κ1) is 17.0. The van der Waals surface area contributed by atoms with Gasteiger partial charge in [-0.15, -0.1) is 11.8 Å². The number of esters is 1. The third-order valence-electron chi connectivity index (χ3n) is 3.71. The van der Waals surface area contributed by atoms with Crippen LogP contribution in [0.3, 0.4) is 0 Å². The molecule has 0 saturated carbocycles. The maximum absolute atomic E-state index is 12.4. The lowest BCUT2D eigenvalue weighted by Gasteiger charge is -2.07. The van der Waals surface area contributed by atoms with Crippen LogP contribution < -0.4 is 5.32 Å². The largest absolute Gasteiger partial charge is 0.468 e. The summed E-state index contributed by atoms with van der Waals surface area (Å²) in [5.41, 5.74) is 1.32. The Morgan fingerprint density at radius 3 is 2.40 bits per heavy atom. The highest BCUT2D eigenvalue weighted by atomic mass is 32.2. The smallest absolute Gasteiger partial charge is 0.315 e. The number of amides is 1. The number of anilines is 1. The van der Waals surface area contributed by atoms with Crippen LogP contribution in [0, 0.1) is 0 Å². The summed E-state index contributed by atoms with van der Waals surface area (Å²) in [4.78, 5) is 24.5. The minimum absolute atomic E-state index is 0.152. The van der Waals surface area contributed by atoms with E-state index < -0.39 is 0 Å². The van der Waals surface area contributed by atoms with Crippen molar-refractivity contribution in [3.05, 3.63) is 72.3 Å². The molecule has 0 fully saturated rings. The zero-order valence-electron chi connectivity index (χ0n) is 13.7. The lowest BCUT2D eigenvalue weighted by Crippen LogP contribution is -2.11. The van der Waals surface area contributed by atoms with Gasteiger partial charge in [-0.3, -0.25) is 9.59 Å². The van der Waals surface area contributed by atoms with E-state index in [1.54, 1.807) is 0 Å². The fourth-order valence-corrected chi connectivity index (χ4v) is 3.10. The van der Waals surface area contributed by atoms with Crippen molar-refractivity contribution in [3.63, 3.8) is 0 Å². The Kier molecular flexibility index (Phi) is 5.36. The summed E-state index contributed by atoms with van der Waals surface area (Å²) < 4.78 is 4.61. The first-order valence-corrected chi connectivity index (χ1v) is 8.74.